The normalized spacial score (nSPS) is 20.9. The van der Waals surface area contributed by atoms with Crippen molar-refractivity contribution >= 4 is 17.6 Å². The summed E-state index contributed by atoms with van der Waals surface area (Å²) in [6.45, 7) is 1.73. The van der Waals surface area contributed by atoms with E-state index in [1.807, 2.05) is 18.2 Å². The lowest BCUT2D eigenvalue weighted by Crippen LogP contribution is -2.59. The Morgan fingerprint density at radius 2 is 1.91 bits per heavy atom. The largest absolute Gasteiger partial charge is 0.358 e. The smallest absolute Gasteiger partial charge is 0.279 e. The van der Waals surface area contributed by atoms with E-state index >= 15 is 0 Å². The number of fused-ring (bicyclic) bond motifs is 1. The molecule has 2 fully saturated rings. The molecule has 1 aliphatic carbocycles. The molecule has 2 amide bonds. The summed E-state index contributed by atoms with van der Waals surface area (Å²) < 4.78 is 0. The average Bonchev–Trinajstić information content (AvgIpc) is 3.15. The zero-order valence-corrected chi connectivity index (χ0v) is 19.4. The summed E-state index contributed by atoms with van der Waals surface area (Å²) in [7, 11) is 0. The number of unbranched alkanes of at least 4 members (excludes halogenated alkanes) is 1. The molecule has 176 valence electrons. The number of amides is 2. The minimum Gasteiger partial charge on any atom is -0.358 e. The van der Waals surface area contributed by atoms with Crippen molar-refractivity contribution in [1.29, 1.82) is 5.26 Å². The fraction of sp³-hybridized carbons (Fsp3) is 0.615. The molecule has 7 nitrogen and oxygen atoms in total. The van der Waals surface area contributed by atoms with Gasteiger partial charge in [-0.25, -0.2) is 0 Å². The van der Waals surface area contributed by atoms with Gasteiger partial charge in [-0.2, -0.15) is 10.3 Å². The highest BCUT2D eigenvalue weighted by Crippen LogP contribution is 2.29. The quantitative estimate of drug-likeness (QED) is 0.527. The van der Waals surface area contributed by atoms with Crippen LogP contribution in [0.5, 0.6) is 0 Å². The van der Waals surface area contributed by atoms with Crippen molar-refractivity contribution in [1.82, 2.24) is 16.0 Å². The summed E-state index contributed by atoms with van der Waals surface area (Å²) in [4.78, 5) is 30.3. The zero-order chi connectivity index (χ0) is 23.1. The third kappa shape index (κ3) is 5.80. The van der Waals surface area contributed by atoms with Gasteiger partial charge in [0, 0.05) is 17.5 Å². The van der Waals surface area contributed by atoms with Crippen LogP contribution in [0.15, 0.2) is 29.3 Å². The van der Waals surface area contributed by atoms with Crippen molar-refractivity contribution < 1.29 is 9.59 Å². The number of hydrogen-bond donors (Lipinski definition) is 3. The Balaban J connectivity index is 1.52. The molecule has 3 N–H and O–H groups in total. The van der Waals surface area contributed by atoms with Crippen LogP contribution in [-0.4, -0.2) is 42.3 Å². The Bertz CT molecular complexity index is 923. The first-order valence-corrected chi connectivity index (χ1v) is 12.5. The first kappa shape index (κ1) is 23.4. The van der Waals surface area contributed by atoms with Crippen LogP contribution >= 0.6 is 0 Å². The van der Waals surface area contributed by atoms with Gasteiger partial charge in [-0.3, -0.25) is 9.59 Å². The third-order valence-corrected chi connectivity index (χ3v) is 7.44. The number of carbonyl (C=O) groups excluding carboxylic acids is 2. The Kier molecular flexibility index (Phi) is 7.77. The van der Waals surface area contributed by atoms with Gasteiger partial charge in [0.1, 0.15) is 11.9 Å². The van der Waals surface area contributed by atoms with E-state index in [9.17, 15) is 9.59 Å². The molecule has 0 bridgehead atoms. The van der Waals surface area contributed by atoms with Crippen LogP contribution in [0.3, 0.4) is 0 Å². The Hall–Kier alpha value is -2.72. The number of nitrogens with one attached hydrogen (secondary N) is 3. The molecular formula is C26H35N5O2. The number of nitrogens with zero attached hydrogens (tertiary/aromatic N) is 2. The van der Waals surface area contributed by atoms with Crippen molar-refractivity contribution in [2.45, 2.75) is 82.2 Å². The molecule has 0 radical (unpaired) electrons. The Morgan fingerprint density at radius 1 is 1.18 bits per heavy atom. The highest BCUT2D eigenvalue weighted by molar-refractivity contribution is 6.21. The van der Waals surface area contributed by atoms with Gasteiger partial charge in [-0.05, 0) is 57.2 Å². The second-order valence-corrected chi connectivity index (χ2v) is 9.78. The number of amidine groups is 1. The predicted molar refractivity (Wildman–Crippen MR) is 128 cm³/mol. The summed E-state index contributed by atoms with van der Waals surface area (Å²) in [6.07, 6.45) is 10.6. The maximum atomic E-state index is 13.7. The molecule has 3 aliphatic rings. The van der Waals surface area contributed by atoms with Gasteiger partial charge < -0.3 is 16.0 Å². The minimum atomic E-state index is -0.437. The highest BCUT2D eigenvalue weighted by Gasteiger charge is 2.36. The van der Waals surface area contributed by atoms with Crippen LogP contribution < -0.4 is 16.0 Å². The first-order valence-electron chi connectivity index (χ1n) is 12.5. The lowest BCUT2D eigenvalue weighted by atomic mass is 9.82. The second kappa shape index (κ2) is 10.9. The van der Waals surface area contributed by atoms with Gasteiger partial charge in [0.05, 0.1) is 11.6 Å². The van der Waals surface area contributed by atoms with Crippen LogP contribution in [0.25, 0.3) is 0 Å². The molecule has 1 aromatic rings. The predicted octanol–water partition coefficient (Wildman–Crippen LogP) is 3.45. The van der Waals surface area contributed by atoms with E-state index in [4.69, 9.17) is 5.26 Å². The molecule has 33 heavy (non-hydrogen) atoms. The van der Waals surface area contributed by atoms with Gasteiger partial charge in [0.15, 0.2) is 0 Å². The Labute approximate surface area is 196 Å². The van der Waals surface area contributed by atoms with Crippen molar-refractivity contribution in [2.75, 3.05) is 13.1 Å². The molecule has 1 saturated carbocycles. The molecular weight excluding hydrogens is 414 g/mol. The van der Waals surface area contributed by atoms with E-state index < -0.39 is 6.04 Å². The molecule has 0 aromatic heterocycles. The molecule has 0 spiro atoms. The summed E-state index contributed by atoms with van der Waals surface area (Å²) in [5.41, 5.74) is 1.08. The molecule has 2 heterocycles. The molecule has 1 aromatic carbocycles. The Morgan fingerprint density at radius 3 is 2.64 bits per heavy atom. The SMILES string of the molecule is N#CCCCC1(NC(=O)C(CC2CCCCC2)NC2=NC(=O)c3ccccc32)CCNCC1. The van der Waals surface area contributed by atoms with Crippen LogP contribution in [-0.2, 0) is 4.79 Å². The van der Waals surface area contributed by atoms with Gasteiger partial charge in [0.25, 0.3) is 5.91 Å². The van der Waals surface area contributed by atoms with Crippen molar-refractivity contribution in [3.05, 3.63) is 35.4 Å². The fourth-order valence-electron chi connectivity index (χ4n) is 5.56. The molecule has 7 heteroatoms. The van der Waals surface area contributed by atoms with E-state index in [1.165, 1.54) is 19.3 Å². The van der Waals surface area contributed by atoms with Gasteiger partial charge in [0.2, 0.25) is 5.91 Å². The van der Waals surface area contributed by atoms with Crippen LogP contribution in [0.1, 0.15) is 86.6 Å². The number of piperidine rings is 1. The maximum Gasteiger partial charge on any atom is 0.279 e. The topological polar surface area (TPSA) is 106 Å². The first-order chi connectivity index (χ1) is 16.1. The van der Waals surface area contributed by atoms with Crippen LogP contribution in [0.2, 0.25) is 0 Å². The fourth-order valence-corrected chi connectivity index (χ4v) is 5.56. The zero-order valence-electron chi connectivity index (χ0n) is 19.4. The number of carbonyl (C=O) groups is 2. The summed E-state index contributed by atoms with van der Waals surface area (Å²) >= 11 is 0. The lowest BCUT2D eigenvalue weighted by Gasteiger charge is -2.40. The molecule has 1 unspecified atom stereocenters. The average molecular weight is 450 g/mol. The van der Waals surface area contributed by atoms with Crippen LogP contribution in [0.4, 0.5) is 0 Å². The highest BCUT2D eigenvalue weighted by atomic mass is 16.2. The number of rotatable bonds is 8. The monoisotopic (exact) mass is 449 g/mol. The van der Waals surface area contributed by atoms with E-state index in [2.05, 4.69) is 27.0 Å². The van der Waals surface area contributed by atoms with Gasteiger partial charge >= 0.3 is 0 Å². The second-order valence-electron chi connectivity index (χ2n) is 9.78. The van der Waals surface area contributed by atoms with Crippen molar-refractivity contribution in [2.24, 2.45) is 10.9 Å². The van der Waals surface area contributed by atoms with Gasteiger partial charge in [-0.1, -0.05) is 50.3 Å². The molecule has 1 atom stereocenters. The van der Waals surface area contributed by atoms with Gasteiger partial charge in [-0.15, -0.1) is 0 Å². The van der Waals surface area contributed by atoms with E-state index in [0.717, 1.165) is 63.6 Å². The maximum absolute atomic E-state index is 13.7. The van der Waals surface area contributed by atoms with Crippen molar-refractivity contribution in [3.63, 3.8) is 0 Å². The lowest BCUT2D eigenvalue weighted by molar-refractivity contribution is -0.125. The molecule has 2 aliphatic heterocycles. The molecule has 4 rings (SSSR count). The number of nitriles is 1. The summed E-state index contributed by atoms with van der Waals surface area (Å²) in [5, 5.41) is 19.1. The number of aliphatic imine (C=N–C) groups is 1. The standard InChI is InChI=1S/C26H35N5O2/c27-15-7-6-12-26(13-16-28-17-14-26)31-25(33)22(18-19-8-2-1-3-9-19)29-23-20-10-4-5-11-21(20)24(32)30-23/h4-5,10-11,19,22,28H,1-3,6-9,12-14,16-18H2,(H,31,33)(H,29,30,32). The minimum absolute atomic E-state index is 0.0149. The van der Waals surface area contributed by atoms with Crippen molar-refractivity contribution in [3.8, 4) is 6.07 Å². The van der Waals surface area contributed by atoms with E-state index in [1.54, 1.807) is 6.07 Å². The van der Waals surface area contributed by atoms with E-state index in [0.29, 0.717) is 23.7 Å². The third-order valence-electron chi connectivity index (χ3n) is 7.44. The number of hydrogen-bond acceptors (Lipinski definition) is 5. The van der Waals surface area contributed by atoms with Crippen LogP contribution in [0, 0.1) is 17.2 Å². The summed E-state index contributed by atoms with van der Waals surface area (Å²) in [6, 6.07) is 9.19. The molecule has 1 saturated heterocycles. The number of benzene rings is 1. The summed E-state index contributed by atoms with van der Waals surface area (Å²) in [5.74, 6) is 0.739. The van der Waals surface area contributed by atoms with E-state index in [-0.39, 0.29) is 17.4 Å².